The van der Waals surface area contributed by atoms with Crippen LogP contribution in [0.5, 0.6) is 5.75 Å². The Morgan fingerprint density at radius 1 is 1.40 bits per heavy atom. The smallest absolute Gasteiger partial charge is 0.443 e. The maximum Gasteiger partial charge on any atom is 0.443 e. The number of alkyl halides is 3. The van der Waals surface area contributed by atoms with Crippen LogP contribution in [0.1, 0.15) is 20.2 Å². The van der Waals surface area contributed by atoms with Gasteiger partial charge in [-0.2, -0.15) is 13.2 Å². The molecule has 0 saturated heterocycles. The summed E-state index contributed by atoms with van der Waals surface area (Å²) in [6.07, 6.45) is -3.62. The summed E-state index contributed by atoms with van der Waals surface area (Å²) in [7, 11) is 1.38. The third-order valence-corrected chi connectivity index (χ3v) is 3.91. The molecule has 3 nitrogen and oxygen atoms in total. The van der Waals surface area contributed by atoms with E-state index in [0.29, 0.717) is 15.8 Å². The van der Waals surface area contributed by atoms with Crippen LogP contribution < -0.4 is 4.74 Å². The van der Waals surface area contributed by atoms with Gasteiger partial charge in [-0.05, 0) is 18.2 Å². The van der Waals surface area contributed by atoms with Crippen LogP contribution in [-0.4, -0.2) is 17.9 Å². The SMILES string of the molecule is COc1cc(Br)ccc1C(=O)c1cnc(C(F)(F)F)s1. The Morgan fingerprint density at radius 2 is 2.10 bits per heavy atom. The fourth-order valence-electron chi connectivity index (χ4n) is 1.50. The molecule has 20 heavy (non-hydrogen) atoms. The van der Waals surface area contributed by atoms with Crippen molar-refractivity contribution in [1.29, 1.82) is 0 Å². The first-order chi connectivity index (χ1) is 9.32. The fourth-order valence-corrected chi connectivity index (χ4v) is 2.57. The van der Waals surface area contributed by atoms with E-state index in [-0.39, 0.29) is 16.2 Å². The van der Waals surface area contributed by atoms with E-state index >= 15 is 0 Å². The minimum atomic E-state index is -4.55. The number of carbonyl (C=O) groups is 1. The van der Waals surface area contributed by atoms with Crippen molar-refractivity contribution < 1.29 is 22.7 Å². The number of methoxy groups -OCH3 is 1. The van der Waals surface area contributed by atoms with Crippen LogP contribution in [0.15, 0.2) is 28.9 Å². The monoisotopic (exact) mass is 365 g/mol. The number of nitrogens with zero attached hydrogens (tertiary/aromatic N) is 1. The highest BCUT2D eigenvalue weighted by Gasteiger charge is 2.35. The fraction of sp³-hybridized carbons (Fsp3) is 0.167. The Bertz CT molecular complexity index is 654. The van der Waals surface area contributed by atoms with E-state index in [1.165, 1.54) is 13.2 Å². The van der Waals surface area contributed by atoms with Gasteiger partial charge >= 0.3 is 6.18 Å². The number of thiazole rings is 1. The quantitative estimate of drug-likeness (QED) is 0.766. The van der Waals surface area contributed by atoms with Crippen molar-refractivity contribution in [2.75, 3.05) is 7.11 Å². The average Bonchev–Trinajstić information content (AvgIpc) is 2.87. The molecule has 0 N–H and O–H groups in total. The van der Waals surface area contributed by atoms with Gasteiger partial charge in [0.1, 0.15) is 5.75 Å². The minimum absolute atomic E-state index is 0.0852. The van der Waals surface area contributed by atoms with Crippen LogP contribution in [0.4, 0.5) is 13.2 Å². The first-order valence-electron chi connectivity index (χ1n) is 5.24. The number of carbonyl (C=O) groups excluding carboxylic acids is 1. The number of ketones is 1. The lowest BCUT2D eigenvalue weighted by atomic mass is 10.1. The second kappa shape index (κ2) is 5.53. The molecule has 0 unspecified atom stereocenters. The molecule has 0 saturated carbocycles. The number of ether oxygens (including phenoxy) is 1. The highest BCUT2D eigenvalue weighted by molar-refractivity contribution is 9.10. The van der Waals surface area contributed by atoms with Gasteiger partial charge in [-0.15, -0.1) is 11.3 Å². The molecule has 0 aliphatic carbocycles. The van der Waals surface area contributed by atoms with E-state index in [4.69, 9.17) is 4.74 Å². The molecule has 0 bridgehead atoms. The molecule has 0 aliphatic heterocycles. The van der Waals surface area contributed by atoms with Crippen molar-refractivity contribution in [3.05, 3.63) is 44.3 Å². The largest absolute Gasteiger partial charge is 0.496 e. The maximum absolute atomic E-state index is 12.5. The van der Waals surface area contributed by atoms with Crippen LogP contribution in [0.2, 0.25) is 0 Å². The normalized spacial score (nSPS) is 11.4. The van der Waals surface area contributed by atoms with E-state index < -0.39 is 17.0 Å². The Morgan fingerprint density at radius 3 is 2.65 bits per heavy atom. The van der Waals surface area contributed by atoms with Gasteiger partial charge in [-0.25, -0.2) is 4.98 Å². The van der Waals surface area contributed by atoms with Crippen molar-refractivity contribution in [3.8, 4) is 5.75 Å². The number of hydrogen-bond donors (Lipinski definition) is 0. The predicted molar refractivity (Wildman–Crippen MR) is 71.2 cm³/mol. The number of hydrogen-bond acceptors (Lipinski definition) is 4. The number of aromatic nitrogens is 1. The third kappa shape index (κ3) is 3.01. The summed E-state index contributed by atoms with van der Waals surface area (Å²) >= 11 is 3.54. The van der Waals surface area contributed by atoms with Crippen LogP contribution in [0, 0.1) is 0 Å². The number of rotatable bonds is 3. The van der Waals surface area contributed by atoms with E-state index in [2.05, 4.69) is 20.9 Å². The Labute approximate surface area is 124 Å². The molecular formula is C12H7BrF3NO2S. The second-order valence-corrected chi connectivity index (χ2v) is 5.65. The van der Waals surface area contributed by atoms with Crippen LogP contribution in [0.3, 0.4) is 0 Å². The predicted octanol–water partition coefficient (Wildman–Crippen LogP) is 4.16. The summed E-state index contributed by atoms with van der Waals surface area (Å²) in [6.45, 7) is 0. The average molecular weight is 366 g/mol. The molecule has 1 aromatic heterocycles. The highest BCUT2D eigenvalue weighted by Crippen LogP contribution is 2.34. The first-order valence-corrected chi connectivity index (χ1v) is 6.85. The summed E-state index contributed by atoms with van der Waals surface area (Å²) in [6, 6.07) is 4.67. The van der Waals surface area contributed by atoms with E-state index in [9.17, 15) is 18.0 Å². The zero-order valence-electron chi connectivity index (χ0n) is 9.99. The molecule has 106 valence electrons. The Hall–Kier alpha value is -1.41. The summed E-state index contributed by atoms with van der Waals surface area (Å²) in [5, 5.41) is -1.04. The summed E-state index contributed by atoms with van der Waals surface area (Å²) < 4.78 is 43.2. The molecule has 1 aromatic carbocycles. The molecule has 1 heterocycles. The van der Waals surface area contributed by atoms with Gasteiger partial charge in [0.2, 0.25) is 5.78 Å². The number of halogens is 4. The zero-order valence-corrected chi connectivity index (χ0v) is 12.4. The van der Waals surface area contributed by atoms with Crippen molar-refractivity contribution in [1.82, 2.24) is 4.98 Å². The Kier molecular flexibility index (Phi) is 4.14. The Balaban J connectivity index is 2.39. The van der Waals surface area contributed by atoms with Gasteiger partial charge in [-0.1, -0.05) is 15.9 Å². The molecule has 0 radical (unpaired) electrons. The topological polar surface area (TPSA) is 39.2 Å². The van der Waals surface area contributed by atoms with Gasteiger partial charge in [0.05, 0.1) is 17.6 Å². The maximum atomic E-state index is 12.5. The molecule has 0 spiro atoms. The van der Waals surface area contributed by atoms with Gasteiger partial charge in [0, 0.05) is 10.7 Å². The van der Waals surface area contributed by atoms with Gasteiger partial charge < -0.3 is 4.74 Å². The highest BCUT2D eigenvalue weighted by atomic mass is 79.9. The second-order valence-electron chi connectivity index (χ2n) is 3.70. The summed E-state index contributed by atoms with van der Waals surface area (Å²) in [4.78, 5) is 15.3. The zero-order chi connectivity index (χ0) is 14.9. The van der Waals surface area contributed by atoms with Gasteiger partial charge in [0.15, 0.2) is 5.01 Å². The molecule has 0 amide bonds. The summed E-state index contributed by atoms with van der Waals surface area (Å²) in [5.41, 5.74) is 0.188. The molecular weight excluding hydrogens is 359 g/mol. The lowest BCUT2D eigenvalue weighted by molar-refractivity contribution is -0.137. The minimum Gasteiger partial charge on any atom is -0.496 e. The van der Waals surface area contributed by atoms with Crippen molar-refractivity contribution >= 4 is 33.0 Å². The summed E-state index contributed by atoms with van der Waals surface area (Å²) in [5.74, 6) is -0.270. The molecule has 8 heteroatoms. The van der Waals surface area contributed by atoms with Crippen molar-refractivity contribution in [2.45, 2.75) is 6.18 Å². The molecule has 2 aromatic rings. The first kappa shape index (κ1) is 15.0. The number of benzene rings is 1. The molecule has 0 aliphatic rings. The van der Waals surface area contributed by atoms with Crippen LogP contribution >= 0.6 is 27.3 Å². The molecule has 2 rings (SSSR count). The standard InChI is InChI=1S/C12H7BrF3NO2S/c1-19-8-4-6(13)2-3-7(8)10(18)9-5-17-11(20-9)12(14,15)16/h2-5H,1H3. The van der Waals surface area contributed by atoms with E-state index in [0.717, 1.165) is 6.20 Å². The van der Waals surface area contributed by atoms with Gasteiger partial charge in [0.25, 0.3) is 0 Å². The van der Waals surface area contributed by atoms with Crippen molar-refractivity contribution in [2.24, 2.45) is 0 Å². The van der Waals surface area contributed by atoms with E-state index in [1.807, 2.05) is 0 Å². The third-order valence-electron chi connectivity index (χ3n) is 2.38. The molecule has 0 fully saturated rings. The van der Waals surface area contributed by atoms with Crippen molar-refractivity contribution in [3.63, 3.8) is 0 Å². The van der Waals surface area contributed by atoms with E-state index in [1.54, 1.807) is 12.1 Å². The molecule has 0 atom stereocenters. The lowest BCUT2D eigenvalue weighted by Gasteiger charge is -2.06. The van der Waals surface area contributed by atoms with Crippen LogP contribution in [0.25, 0.3) is 0 Å². The van der Waals surface area contributed by atoms with Gasteiger partial charge in [-0.3, -0.25) is 4.79 Å². The van der Waals surface area contributed by atoms with Crippen LogP contribution in [-0.2, 0) is 6.18 Å². The lowest BCUT2D eigenvalue weighted by Crippen LogP contribution is -2.03.